The minimum absolute atomic E-state index is 0.0225. The van der Waals surface area contributed by atoms with Gasteiger partial charge in [0.25, 0.3) is 0 Å². The van der Waals surface area contributed by atoms with Gasteiger partial charge in [0.1, 0.15) is 90.7 Å². The summed E-state index contributed by atoms with van der Waals surface area (Å²) in [4.78, 5) is 26.9. The fraction of sp³-hybridized carbons (Fsp3) is 0.692. The Labute approximate surface area is 445 Å². The molecule has 0 saturated carbocycles. The van der Waals surface area contributed by atoms with E-state index in [-0.39, 0.29) is 29.5 Å². The number of amides is 1. The second-order valence-electron chi connectivity index (χ2n) is 20.5. The van der Waals surface area contributed by atoms with E-state index in [0.29, 0.717) is 18.3 Å². The Hall–Kier alpha value is -4.04. The van der Waals surface area contributed by atoms with Gasteiger partial charge < -0.3 is 115 Å². The first-order valence-electron chi connectivity index (χ1n) is 26.1. The van der Waals surface area contributed by atoms with E-state index < -0.39 is 142 Å². The maximum Gasteiger partial charge on any atom is 0.339 e. The van der Waals surface area contributed by atoms with Crippen LogP contribution in [-0.4, -0.2) is 239 Å². The van der Waals surface area contributed by atoms with Gasteiger partial charge >= 0.3 is 5.97 Å². The average Bonchev–Trinajstić information content (AvgIpc) is 3.42. The first-order chi connectivity index (χ1) is 36.6. The van der Waals surface area contributed by atoms with E-state index in [0.717, 1.165) is 30.6 Å². The molecule has 4 fully saturated rings. The number of aromatic carboxylic acids is 1. The average molecular weight is 1100 g/mol. The fourth-order valence-corrected chi connectivity index (χ4v) is 10.3. The highest BCUT2D eigenvalue weighted by molar-refractivity contribution is 5.91. The summed E-state index contributed by atoms with van der Waals surface area (Å²) in [7, 11) is 0. The summed E-state index contributed by atoms with van der Waals surface area (Å²) < 4.78 is 32.9. The molecule has 7 rings (SSSR count). The van der Waals surface area contributed by atoms with Crippen LogP contribution in [0.2, 0.25) is 0 Å². The van der Waals surface area contributed by atoms with Crippen LogP contribution in [-0.2, 0) is 34.9 Å². The number of carbonyl (C=O) groups excluding carboxylic acids is 1. The van der Waals surface area contributed by atoms with Gasteiger partial charge in [-0.15, -0.1) is 0 Å². The molecule has 0 unspecified atom stereocenters. The molecule has 77 heavy (non-hydrogen) atoms. The van der Waals surface area contributed by atoms with E-state index in [1.165, 1.54) is 44.0 Å². The van der Waals surface area contributed by atoms with Gasteiger partial charge in [-0.05, 0) is 80.3 Å². The summed E-state index contributed by atoms with van der Waals surface area (Å²) >= 11 is 0. The van der Waals surface area contributed by atoms with Crippen molar-refractivity contribution in [2.75, 3.05) is 44.4 Å². The lowest BCUT2D eigenvalue weighted by Gasteiger charge is -2.48. The molecule has 4 saturated heterocycles. The number of rotatable bonds is 19. The zero-order valence-corrected chi connectivity index (χ0v) is 43.5. The van der Waals surface area contributed by atoms with Crippen LogP contribution in [0.1, 0.15) is 80.9 Å². The van der Waals surface area contributed by atoms with Crippen molar-refractivity contribution in [1.29, 1.82) is 0 Å². The smallest absolute Gasteiger partial charge is 0.339 e. The quantitative estimate of drug-likeness (QED) is 0.0611. The molecule has 2 aromatic carbocycles. The van der Waals surface area contributed by atoms with Crippen LogP contribution in [0.15, 0.2) is 54.1 Å². The Morgan fingerprint density at radius 2 is 1.35 bits per heavy atom. The van der Waals surface area contributed by atoms with Crippen LogP contribution >= 0.6 is 0 Å². The van der Waals surface area contributed by atoms with Crippen molar-refractivity contribution in [3.8, 4) is 5.75 Å². The number of nitrogens with zero attached hydrogens (tertiary/aromatic N) is 1. The summed E-state index contributed by atoms with van der Waals surface area (Å²) in [5, 5.41) is 148. The molecular formula is C52H79N3O22. The van der Waals surface area contributed by atoms with E-state index in [4.69, 9.17) is 28.4 Å². The number of hydrogen-bond donors (Lipinski definition) is 16. The first kappa shape index (κ1) is 62.2. The molecule has 4 aliphatic heterocycles. The van der Waals surface area contributed by atoms with E-state index in [1.807, 2.05) is 6.07 Å². The van der Waals surface area contributed by atoms with E-state index >= 15 is 0 Å². The second kappa shape index (κ2) is 28.4. The molecule has 25 heteroatoms. The number of piperidine rings is 1. The summed E-state index contributed by atoms with van der Waals surface area (Å²) in [6.45, 7) is 7.85. The van der Waals surface area contributed by atoms with Gasteiger partial charge in [-0.3, -0.25) is 4.79 Å². The number of hydrogen-bond acceptors (Lipinski definition) is 23. The molecule has 16 N–H and O–H groups in total. The molecule has 2 aromatic rings. The molecular weight excluding hydrogens is 1020 g/mol. The molecule has 5 aliphatic rings. The molecule has 0 spiro atoms. The lowest BCUT2D eigenvalue weighted by atomic mass is 9.86. The highest BCUT2D eigenvalue weighted by Gasteiger charge is 2.53. The summed E-state index contributed by atoms with van der Waals surface area (Å²) in [6.07, 6.45) is -21.9. The van der Waals surface area contributed by atoms with Crippen molar-refractivity contribution >= 4 is 17.6 Å². The van der Waals surface area contributed by atoms with Crippen molar-refractivity contribution < 1.29 is 110 Å². The van der Waals surface area contributed by atoms with Crippen molar-refractivity contribution in [2.45, 2.75) is 182 Å². The second-order valence-corrected chi connectivity index (χ2v) is 20.5. The van der Waals surface area contributed by atoms with Crippen LogP contribution in [0.4, 0.5) is 5.69 Å². The number of ether oxygens (including phenoxy) is 6. The minimum Gasteiger partial charge on any atom is -0.493 e. The number of para-hydroxylation sites is 1. The highest BCUT2D eigenvalue weighted by atomic mass is 16.7. The van der Waals surface area contributed by atoms with Crippen molar-refractivity contribution in [3.05, 3.63) is 70.8 Å². The standard InChI is InChI=1S/C27H36N2O4.C25H43NO18/c1-4-33-25-17-20(12-13-22(25)27(31)32)18-26(30)28-23(16-19(2)3)21-10-6-7-11-24(21)29-14-8-5-9-15-29;1-6-11(26-8-2-7(3-27)12(30)15(33)13(8)31)14(32)19(37)24(40-6)43-22-10(5-29)42-25(20(38)17(22)35)44-21-9(4-28)41-23(39)18(36)16(21)34/h6-7,10-13,17,19,23H,4-5,8-9,14-16,18H2,1-3H3,(H,28,30)(H,31,32);2,6,8-39H,3-5H2,1H3/t23-;6-,8+,9-,10-,11-,12-,13+,14+,15+,16-,17-,18-,19-,20-,21-,22-,23-,24-,25-/m01/s1. The molecule has 434 valence electrons. The van der Waals surface area contributed by atoms with Crippen molar-refractivity contribution in [2.24, 2.45) is 5.92 Å². The maximum atomic E-state index is 13.1. The number of benzene rings is 2. The summed E-state index contributed by atoms with van der Waals surface area (Å²) in [5.74, 6) is -0.408. The van der Waals surface area contributed by atoms with Crippen LogP contribution in [0.25, 0.3) is 0 Å². The third kappa shape index (κ3) is 15.1. The Morgan fingerprint density at radius 3 is 1.96 bits per heavy atom. The molecule has 1 aliphatic carbocycles. The van der Waals surface area contributed by atoms with Gasteiger partial charge in [-0.1, -0.05) is 44.2 Å². The van der Waals surface area contributed by atoms with Gasteiger partial charge in [0.05, 0.1) is 57.1 Å². The monoisotopic (exact) mass is 1100 g/mol. The third-order valence-corrected chi connectivity index (χ3v) is 14.5. The SMILES string of the molecule is CCOc1cc(CC(=O)N[C@@H](CC(C)C)c2ccccc2N2CCCCC2)ccc1C(=O)O.C[C@H]1O[C@H](O[C@H]2[C@H](O)[C@@H](O)[C@@H](O[C@H]3[C@H](O)[C@@H](O)[C@H](O)O[C@@H]3CO)O[C@@H]2CO)[C@H](O)[C@@H](O)[C@@H]1N[C@H]1C=C(CO)[C@@H](O)[C@H](O)[C@H]1O. The predicted molar refractivity (Wildman–Crippen MR) is 269 cm³/mol. The number of aliphatic hydroxyl groups excluding tert-OH is 13. The zero-order valence-electron chi connectivity index (χ0n) is 43.5. The minimum atomic E-state index is -1.93. The van der Waals surface area contributed by atoms with Gasteiger partial charge in [0.2, 0.25) is 5.91 Å². The Bertz CT molecular complexity index is 2220. The normalized spacial score (nSPS) is 36.1. The molecule has 0 radical (unpaired) electrons. The first-order valence-corrected chi connectivity index (χ1v) is 26.1. The van der Waals surface area contributed by atoms with Crippen LogP contribution in [0, 0.1) is 5.92 Å². The zero-order chi connectivity index (χ0) is 56.4. The van der Waals surface area contributed by atoms with Crippen molar-refractivity contribution in [1.82, 2.24) is 10.6 Å². The summed E-state index contributed by atoms with van der Waals surface area (Å²) in [5.41, 5.74) is 3.24. The van der Waals surface area contributed by atoms with E-state index in [9.17, 15) is 81.1 Å². The lowest BCUT2D eigenvalue weighted by Crippen LogP contribution is -2.68. The topological polar surface area (TPSA) is 400 Å². The van der Waals surface area contributed by atoms with E-state index in [2.05, 4.69) is 47.6 Å². The van der Waals surface area contributed by atoms with Crippen LogP contribution < -0.4 is 20.3 Å². The Morgan fingerprint density at radius 1 is 0.740 bits per heavy atom. The van der Waals surface area contributed by atoms with Gasteiger partial charge in [-0.2, -0.15) is 0 Å². The summed E-state index contributed by atoms with van der Waals surface area (Å²) in [6, 6.07) is 11.0. The molecule has 4 heterocycles. The largest absolute Gasteiger partial charge is 0.493 e. The fourth-order valence-electron chi connectivity index (χ4n) is 10.3. The molecule has 0 bridgehead atoms. The molecule has 0 aromatic heterocycles. The third-order valence-electron chi connectivity index (χ3n) is 14.5. The van der Waals surface area contributed by atoms with Crippen molar-refractivity contribution in [3.63, 3.8) is 0 Å². The number of nitrogens with one attached hydrogen (secondary N) is 2. The lowest BCUT2D eigenvalue weighted by molar-refractivity contribution is -0.373. The molecule has 1 amide bonds. The number of anilines is 1. The van der Waals surface area contributed by atoms with Gasteiger partial charge in [0.15, 0.2) is 18.9 Å². The Balaban J connectivity index is 0.000000260. The maximum absolute atomic E-state index is 13.1. The van der Waals surface area contributed by atoms with Gasteiger partial charge in [-0.25, -0.2) is 4.79 Å². The number of carboxylic acid groups (broad SMARTS) is 1. The highest BCUT2D eigenvalue weighted by Crippen LogP contribution is 2.35. The number of aliphatic hydroxyl groups is 13. The van der Waals surface area contributed by atoms with Gasteiger partial charge in [0, 0.05) is 18.8 Å². The number of carboxylic acids is 1. The Kier molecular flexibility index (Phi) is 22.9. The number of carbonyl (C=O) groups is 2. The van der Waals surface area contributed by atoms with E-state index in [1.54, 1.807) is 19.1 Å². The van der Waals surface area contributed by atoms with Crippen LogP contribution in [0.3, 0.4) is 0 Å². The molecule has 25 nitrogen and oxygen atoms in total. The molecule has 20 atom stereocenters. The van der Waals surface area contributed by atoms with Crippen LogP contribution in [0.5, 0.6) is 5.75 Å². The predicted octanol–water partition coefficient (Wildman–Crippen LogP) is -3.34.